The Balaban J connectivity index is 6.27. The Kier molecular flexibility index (Phi) is 27.4. The molecular weight excluding hydrogens is 911 g/mol. The Morgan fingerprint density at radius 3 is 1.43 bits per heavy atom. The molecule has 0 fully saturated rings. The summed E-state index contributed by atoms with van der Waals surface area (Å²) in [5, 5.41) is 34.8. The summed E-state index contributed by atoms with van der Waals surface area (Å²) in [5.41, 5.74) is 27.5. The lowest BCUT2D eigenvalue weighted by Crippen LogP contribution is -2.61. The predicted molar refractivity (Wildman–Crippen MR) is 240 cm³/mol. The summed E-state index contributed by atoms with van der Waals surface area (Å²) in [7, 11) is -3.95. The third-order valence-electron chi connectivity index (χ3n) is 9.41. The number of carboxylic acid groups (broad SMARTS) is 2. The minimum absolute atomic E-state index is 0.0279. The highest BCUT2D eigenvalue weighted by atomic mass is 31.2. The van der Waals surface area contributed by atoms with Crippen LogP contribution in [0.25, 0.3) is 0 Å². The summed E-state index contributed by atoms with van der Waals surface area (Å²) in [4.78, 5) is 134. The molecule has 20 N–H and O–H groups in total. The monoisotopic (exact) mass is 980 g/mol. The van der Waals surface area contributed by atoms with E-state index < -0.39 is 141 Å². The molecule has 0 aromatic heterocycles. The number of guanidine groups is 2. The van der Waals surface area contributed by atoms with Crippen LogP contribution in [-0.2, 0) is 56.8 Å². The van der Waals surface area contributed by atoms with Gasteiger partial charge in [0.15, 0.2) is 11.9 Å². The van der Waals surface area contributed by atoms with Crippen LogP contribution < -0.4 is 65.9 Å². The molecule has 0 aromatic rings. The molecule has 0 spiro atoms. The van der Waals surface area contributed by atoms with E-state index in [2.05, 4.69) is 51.7 Å². The SMILES string of the molecule is COP(=O)(O)OC[C@H](NC(=O)[C@@H](NC(=O)[C@H](CCCN=C(N)N)NC(=O)[C@@H](N)CCCN=C(N)N)C(C)C)C(=O)N[C@H](C(=O)N[C@@H](C)C(=O)N[C@@H](C)C(=O)N[C@@H](CCC(=O)O)C(=O)O)C(C)C. The molecule has 0 bridgehead atoms. The second-order valence-electron chi connectivity index (χ2n) is 15.8. The molecule has 67 heavy (non-hydrogen) atoms. The first-order valence-electron chi connectivity index (χ1n) is 21.0. The molecule has 0 aliphatic carbocycles. The van der Waals surface area contributed by atoms with Gasteiger partial charge in [-0.25, -0.2) is 9.36 Å². The fraction of sp³-hybridized carbons (Fsp3) is 0.703. The summed E-state index contributed by atoms with van der Waals surface area (Å²) in [5.74, 6) is -11.1. The quantitative estimate of drug-likeness (QED) is 0.0130. The van der Waals surface area contributed by atoms with Gasteiger partial charge in [-0.15, -0.1) is 0 Å². The Hall–Kier alpha value is -6.16. The summed E-state index contributed by atoms with van der Waals surface area (Å²) >= 11 is 0. The van der Waals surface area contributed by atoms with Crippen LogP contribution in [0.15, 0.2) is 9.98 Å². The molecule has 30 heteroatoms. The molecule has 0 aliphatic heterocycles. The van der Waals surface area contributed by atoms with Gasteiger partial charge < -0.3 is 81.0 Å². The molecule has 0 aromatic carbocycles. The van der Waals surface area contributed by atoms with E-state index in [1.807, 2.05) is 0 Å². The Morgan fingerprint density at radius 2 is 0.985 bits per heavy atom. The van der Waals surface area contributed by atoms with Crippen LogP contribution in [0.2, 0.25) is 0 Å². The number of hydrogen-bond donors (Lipinski definition) is 15. The van der Waals surface area contributed by atoms with Gasteiger partial charge in [0.2, 0.25) is 41.4 Å². The summed E-state index contributed by atoms with van der Waals surface area (Å²) in [6.45, 7) is 7.81. The standard InChI is InChI=1S/C37H69N14O15P/c1-17(2)26(33(59)46-19(5)28(54)45-20(6)29(55)48-23(35(61)62)12-13-25(52)53)51-32(58)24(16-66-67(63,64)65-7)49-34(60)27(18(3)4)50-31(57)22(11-9-15-44-37(41)42)47-30(56)21(38)10-8-14-43-36(39)40/h17-24,26-27H,8-16,38H2,1-7H3,(H,45,54)(H,46,59)(H,47,56)(H,48,55)(H,49,60)(H,50,57)(H,51,58)(H,52,53)(H,61,62)(H,63,64)(H4,39,40,43)(H4,41,42,44)/t19-,20-,21-,22-,23-,24-,26-,27-/m0/s1. The van der Waals surface area contributed by atoms with Crippen molar-refractivity contribution in [1.82, 2.24) is 37.2 Å². The highest BCUT2D eigenvalue weighted by Crippen LogP contribution is 2.41. The molecule has 0 aliphatic rings. The first-order valence-corrected chi connectivity index (χ1v) is 22.5. The largest absolute Gasteiger partial charge is 0.481 e. The number of phosphoric ester groups is 1. The van der Waals surface area contributed by atoms with E-state index in [9.17, 15) is 57.7 Å². The van der Waals surface area contributed by atoms with Gasteiger partial charge in [0.05, 0.1) is 12.6 Å². The highest BCUT2D eigenvalue weighted by molar-refractivity contribution is 7.47. The highest BCUT2D eigenvalue weighted by Gasteiger charge is 2.36. The van der Waals surface area contributed by atoms with Crippen molar-refractivity contribution in [2.45, 2.75) is 128 Å². The number of nitrogens with zero attached hydrogens (tertiary/aromatic N) is 2. The fourth-order valence-electron chi connectivity index (χ4n) is 5.54. The van der Waals surface area contributed by atoms with Gasteiger partial charge in [-0.3, -0.25) is 57.4 Å². The molecule has 0 saturated heterocycles. The second-order valence-corrected chi connectivity index (χ2v) is 17.4. The molecule has 0 heterocycles. The van der Waals surface area contributed by atoms with E-state index in [0.717, 1.165) is 7.11 Å². The van der Waals surface area contributed by atoms with E-state index in [0.29, 0.717) is 6.42 Å². The first-order chi connectivity index (χ1) is 31.0. The molecule has 0 rings (SSSR count). The lowest BCUT2D eigenvalue weighted by Gasteiger charge is -2.29. The predicted octanol–water partition coefficient (Wildman–Crippen LogP) is -5.12. The van der Waals surface area contributed by atoms with E-state index in [4.69, 9.17) is 38.3 Å². The van der Waals surface area contributed by atoms with Crippen LogP contribution >= 0.6 is 7.82 Å². The number of phosphoric acid groups is 1. The van der Waals surface area contributed by atoms with Crippen LogP contribution in [0.4, 0.5) is 0 Å². The number of carbonyl (C=O) groups excluding carboxylic acids is 7. The number of nitrogens with one attached hydrogen (secondary N) is 7. The van der Waals surface area contributed by atoms with Gasteiger partial charge in [-0.2, -0.15) is 0 Å². The number of carbonyl (C=O) groups is 9. The molecular formula is C37H69N14O15P. The number of hydrogen-bond acceptors (Lipinski definition) is 15. The van der Waals surface area contributed by atoms with Gasteiger partial charge in [0, 0.05) is 26.6 Å². The number of aliphatic carboxylic acids is 2. The van der Waals surface area contributed by atoms with Gasteiger partial charge >= 0.3 is 19.8 Å². The Morgan fingerprint density at radius 1 is 0.567 bits per heavy atom. The van der Waals surface area contributed by atoms with Crippen molar-refractivity contribution in [3.63, 3.8) is 0 Å². The maximum atomic E-state index is 13.9. The van der Waals surface area contributed by atoms with Gasteiger partial charge in [-0.1, -0.05) is 27.7 Å². The normalized spacial score (nSPS) is 15.6. The molecule has 7 amide bonds. The third kappa shape index (κ3) is 24.8. The summed E-state index contributed by atoms with van der Waals surface area (Å²) < 4.78 is 21.6. The first kappa shape index (κ1) is 60.8. The zero-order valence-corrected chi connectivity index (χ0v) is 39.5. The van der Waals surface area contributed by atoms with E-state index in [1.54, 1.807) is 13.8 Å². The molecule has 1 unspecified atom stereocenters. The number of nitrogens with two attached hydrogens (primary N) is 5. The van der Waals surface area contributed by atoms with Crippen molar-refractivity contribution in [2.75, 3.05) is 26.8 Å². The van der Waals surface area contributed by atoms with Crippen molar-refractivity contribution in [3.05, 3.63) is 0 Å². The lowest BCUT2D eigenvalue weighted by molar-refractivity contribution is -0.143. The topological polar surface area (TPSA) is 489 Å². The van der Waals surface area contributed by atoms with Crippen LogP contribution in [0.3, 0.4) is 0 Å². The zero-order chi connectivity index (χ0) is 51.8. The van der Waals surface area contributed by atoms with E-state index >= 15 is 0 Å². The second kappa shape index (κ2) is 30.2. The van der Waals surface area contributed by atoms with Crippen molar-refractivity contribution < 1.29 is 71.9 Å². The van der Waals surface area contributed by atoms with Crippen molar-refractivity contribution in [1.29, 1.82) is 0 Å². The van der Waals surface area contributed by atoms with Gasteiger partial charge in [0.25, 0.3) is 0 Å². The number of aliphatic imine (C=N–C) groups is 2. The van der Waals surface area contributed by atoms with Gasteiger partial charge in [0.1, 0.15) is 42.3 Å². The molecule has 9 atom stereocenters. The van der Waals surface area contributed by atoms with Gasteiger partial charge in [-0.05, 0) is 57.8 Å². The summed E-state index contributed by atoms with van der Waals surface area (Å²) in [6, 6.07) is -11.4. The Labute approximate surface area is 387 Å². The summed E-state index contributed by atoms with van der Waals surface area (Å²) in [6.07, 6.45) is -0.364. The number of carboxylic acids is 2. The van der Waals surface area contributed by atoms with E-state index in [1.165, 1.54) is 27.7 Å². The average Bonchev–Trinajstić information content (AvgIpc) is 3.23. The van der Waals surface area contributed by atoms with Crippen LogP contribution in [0.1, 0.15) is 80.1 Å². The van der Waals surface area contributed by atoms with E-state index in [-0.39, 0.29) is 44.3 Å². The van der Waals surface area contributed by atoms with Crippen molar-refractivity contribution in [3.8, 4) is 0 Å². The van der Waals surface area contributed by atoms with Crippen molar-refractivity contribution in [2.24, 2.45) is 50.5 Å². The zero-order valence-electron chi connectivity index (χ0n) is 38.6. The Bertz CT molecular complexity index is 1830. The molecule has 382 valence electrons. The number of amides is 7. The minimum Gasteiger partial charge on any atom is -0.481 e. The maximum Gasteiger partial charge on any atom is 0.471 e. The van der Waals surface area contributed by atoms with Crippen LogP contribution in [-0.4, -0.2) is 155 Å². The minimum atomic E-state index is -4.78. The fourth-order valence-corrected chi connectivity index (χ4v) is 5.98. The lowest BCUT2D eigenvalue weighted by atomic mass is 10.0. The molecule has 0 saturated carbocycles. The third-order valence-corrected chi connectivity index (χ3v) is 10.3. The maximum absolute atomic E-state index is 13.9. The molecule has 29 nitrogen and oxygen atoms in total. The van der Waals surface area contributed by atoms with Crippen LogP contribution in [0.5, 0.6) is 0 Å². The average molecular weight is 981 g/mol. The van der Waals surface area contributed by atoms with Crippen LogP contribution in [0, 0.1) is 11.8 Å². The molecule has 0 radical (unpaired) electrons. The van der Waals surface area contributed by atoms with Crippen molar-refractivity contribution >= 4 is 73.0 Å². The number of rotatable bonds is 32. The smallest absolute Gasteiger partial charge is 0.471 e.